The second-order valence-electron chi connectivity index (χ2n) is 7.55. The summed E-state index contributed by atoms with van der Waals surface area (Å²) in [7, 11) is 4.06. The van der Waals surface area contributed by atoms with Crippen LogP contribution in [-0.2, 0) is 29.0 Å². The van der Waals surface area contributed by atoms with Crippen LogP contribution in [0.25, 0.3) is 0 Å². The van der Waals surface area contributed by atoms with Gasteiger partial charge in [0, 0.05) is 35.7 Å². The van der Waals surface area contributed by atoms with Crippen molar-refractivity contribution in [1.82, 2.24) is 15.1 Å². The monoisotopic (exact) mass is 407 g/mol. The molecule has 2 heterocycles. The minimum absolute atomic E-state index is 0.0294. The van der Waals surface area contributed by atoms with E-state index in [1.165, 1.54) is 0 Å². The highest BCUT2D eigenvalue weighted by Crippen LogP contribution is 2.34. The fraction of sp³-hybridized carbons (Fsp3) is 0.667. The quantitative estimate of drug-likeness (QED) is 0.452. The zero-order valence-corrected chi connectivity index (χ0v) is 18.2. The molecular formula is C21H33N3O3S. The van der Waals surface area contributed by atoms with Gasteiger partial charge in [-0.2, -0.15) is 0 Å². The Bertz CT molecular complexity index is 685. The van der Waals surface area contributed by atoms with Gasteiger partial charge in [0.2, 0.25) is 5.91 Å². The number of carbonyl (C=O) groups is 3. The lowest BCUT2D eigenvalue weighted by atomic mass is 9.99. The summed E-state index contributed by atoms with van der Waals surface area (Å²) in [5.41, 5.74) is 1.99. The summed E-state index contributed by atoms with van der Waals surface area (Å²) < 4.78 is 0. The van der Waals surface area contributed by atoms with E-state index in [9.17, 15) is 14.4 Å². The number of fused-ring (bicyclic) bond motifs is 1. The molecule has 156 valence electrons. The number of hydrogen-bond acceptors (Lipinski definition) is 5. The molecule has 0 atom stereocenters. The van der Waals surface area contributed by atoms with Crippen LogP contribution in [0.3, 0.4) is 0 Å². The molecule has 1 N–H and O–H groups in total. The Morgan fingerprint density at radius 3 is 2.71 bits per heavy atom. The number of hydrogen-bond donors (Lipinski definition) is 1. The molecular weight excluding hydrogens is 374 g/mol. The summed E-state index contributed by atoms with van der Waals surface area (Å²) >= 11 is 1.68. The summed E-state index contributed by atoms with van der Waals surface area (Å²) in [6.45, 7) is 4.98. The minimum atomic E-state index is 0.0294. The highest BCUT2D eigenvalue weighted by atomic mass is 32.1. The van der Waals surface area contributed by atoms with Gasteiger partial charge in [0.05, 0.1) is 12.1 Å². The van der Waals surface area contributed by atoms with E-state index in [0.717, 1.165) is 65.8 Å². The maximum Gasteiger partial charge on any atom is 0.252 e. The predicted octanol–water partition coefficient (Wildman–Crippen LogP) is 2.64. The van der Waals surface area contributed by atoms with Crippen molar-refractivity contribution >= 4 is 29.4 Å². The van der Waals surface area contributed by atoms with Gasteiger partial charge in [-0.15, -0.1) is 11.3 Å². The number of nitrogens with zero attached hydrogens (tertiary/aromatic N) is 2. The molecule has 2 amide bonds. The molecule has 7 heteroatoms. The molecule has 0 spiro atoms. The number of rotatable bonds is 11. The van der Waals surface area contributed by atoms with Crippen molar-refractivity contribution in [3.8, 4) is 0 Å². The molecule has 2 rings (SSSR count). The first kappa shape index (κ1) is 22.6. The molecule has 1 aliphatic rings. The van der Waals surface area contributed by atoms with Crippen LogP contribution < -0.4 is 5.32 Å². The van der Waals surface area contributed by atoms with Crippen LogP contribution in [0.5, 0.6) is 0 Å². The van der Waals surface area contributed by atoms with Crippen LogP contribution in [0.1, 0.15) is 64.7 Å². The number of aryl methyl sites for hydroxylation is 1. The van der Waals surface area contributed by atoms with E-state index in [4.69, 9.17) is 0 Å². The highest BCUT2D eigenvalue weighted by Gasteiger charge is 2.28. The molecule has 0 unspecified atom stereocenters. The van der Waals surface area contributed by atoms with Crippen molar-refractivity contribution in [2.24, 2.45) is 0 Å². The van der Waals surface area contributed by atoms with Gasteiger partial charge in [0.1, 0.15) is 6.29 Å². The average molecular weight is 408 g/mol. The SMILES string of the molecule is CCc1sc2c(c1C(=O)NCCCN(C)C)CCN(C(=O)CCCCC=O)C2. The molecule has 0 saturated heterocycles. The van der Waals surface area contributed by atoms with Gasteiger partial charge >= 0.3 is 0 Å². The van der Waals surface area contributed by atoms with Gasteiger partial charge < -0.3 is 19.9 Å². The first-order valence-corrected chi connectivity index (χ1v) is 11.1. The Kier molecular flexibility index (Phi) is 9.12. The van der Waals surface area contributed by atoms with Gasteiger partial charge in [-0.05, 0) is 58.3 Å². The van der Waals surface area contributed by atoms with Gasteiger partial charge in [0.15, 0.2) is 0 Å². The molecule has 6 nitrogen and oxygen atoms in total. The summed E-state index contributed by atoms with van der Waals surface area (Å²) in [6.07, 6.45) is 5.95. The predicted molar refractivity (Wildman–Crippen MR) is 113 cm³/mol. The standard InChI is InChI=1S/C21H33N3O3S/c1-4-17-20(21(27)22-11-8-12-23(2)3)16-10-13-24(15-18(16)28-17)19(26)9-6-5-7-14-25/h14H,4-13,15H2,1-3H3,(H,22,27). The molecule has 0 saturated carbocycles. The fourth-order valence-electron chi connectivity index (χ4n) is 3.53. The van der Waals surface area contributed by atoms with Crippen molar-refractivity contribution in [3.05, 3.63) is 20.9 Å². The Morgan fingerprint density at radius 1 is 1.25 bits per heavy atom. The fourth-order valence-corrected chi connectivity index (χ4v) is 4.84. The smallest absolute Gasteiger partial charge is 0.252 e. The van der Waals surface area contributed by atoms with Gasteiger partial charge in [-0.3, -0.25) is 9.59 Å². The van der Waals surface area contributed by atoms with Crippen molar-refractivity contribution < 1.29 is 14.4 Å². The minimum Gasteiger partial charge on any atom is -0.352 e. The number of nitrogens with one attached hydrogen (secondary N) is 1. The van der Waals surface area contributed by atoms with E-state index < -0.39 is 0 Å². The van der Waals surface area contributed by atoms with E-state index in [0.29, 0.717) is 32.5 Å². The maximum absolute atomic E-state index is 12.8. The Morgan fingerprint density at radius 2 is 2.04 bits per heavy atom. The molecule has 0 aliphatic carbocycles. The first-order valence-electron chi connectivity index (χ1n) is 10.3. The summed E-state index contributed by atoms with van der Waals surface area (Å²) in [5, 5.41) is 3.07. The van der Waals surface area contributed by atoms with Crippen molar-refractivity contribution in [3.63, 3.8) is 0 Å². The first-order chi connectivity index (χ1) is 13.5. The van der Waals surface area contributed by atoms with Crippen molar-refractivity contribution in [2.45, 2.75) is 58.4 Å². The van der Waals surface area contributed by atoms with E-state index in [1.54, 1.807) is 11.3 Å². The summed E-state index contributed by atoms with van der Waals surface area (Å²) in [6, 6.07) is 0. The van der Waals surface area contributed by atoms with Crippen LogP contribution in [-0.4, -0.2) is 61.6 Å². The van der Waals surface area contributed by atoms with Crippen LogP contribution in [0.15, 0.2) is 0 Å². The average Bonchev–Trinajstić information content (AvgIpc) is 3.06. The molecule has 1 aromatic heterocycles. The molecule has 1 aromatic rings. The molecule has 0 aromatic carbocycles. The molecule has 0 fully saturated rings. The molecule has 1 aliphatic heterocycles. The zero-order chi connectivity index (χ0) is 20.5. The van der Waals surface area contributed by atoms with E-state index in [2.05, 4.69) is 17.1 Å². The maximum atomic E-state index is 12.8. The number of thiophene rings is 1. The Balaban J connectivity index is 1.99. The lowest BCUT2D eigenvalue weighted by molar-refractivity contribution is -0.132. The molecule has 0 bridgehead atoms. The lowest BCUT2D eigenvalue weighted by Crippen LogP contribution is -2.36. The largest absolute Gasteiger partial charge is 0.352 e. The molecule has 0 radical (unpaired) electrons. The van der Waals surface area contributed by atoms with E-state index >= 15 is 0 Å². The number of unbranched alkanes of at least 4 members (excludes halogenated alkanes) is 2. The topological polar surface area (TPSA) is 69.7 Å². The number of carbonyl (C=O) groups excluding carboxylic acids is 3. The highest BCUT2D eigenvalue weighted by molar-refractivity contribution is 7.12. The van der Waals surface area contributed by atoms with E-state index in [1.807, 2.05) is 19.0 Å². The number of amides is 2. The van der Waals surface area contributed by atoms with Gasteiger partial charge in [0.25, 0.3) is 5.91 Å². The van der Waals surface area contributed by atoms with Crippen molar-refractivity contribution in [1.29, 1.82) is 0 Å². The number of aldehydes is 1. The third-order valence-electron chi connectivity index (χ3n) is 5.06. The third kappa shape index (κ3) is 6.14. The van der Waals surface area contributed by atoms with Gasteiger partial charge in [-0.1, -0.05) is 6.92 Å². The zero-order valence-electron chi connectivity index (χ0n) is 17.4. The normalized spacial score (nSPS) is 13.5. The van der Waals surface area contributed by atoms with Gasteiger partial charge in [-0.25, -0.2) is 0 Å². The van der Waals surface area contributed by atoms with Crippen LogP contribution in [0, 0.1) is 0 Å². The van der Waals surface area contributed by atoms with E-state index in [-0.39, 0.29) is 11.8 Å². The van der Waals surface area contributed by atoms with Crippen molar-refractivity contribution in [2.75, 3.05) is 33.7 Å². The summed E-state index contributed by atoms with van der Waals surface area (Å²) in [4.78, 5) is 41.9. The molecule has 28 heavy (non-hydrogen) atoms. The second-order valence-corrected chi connectivity index (χ2v) is 8.74. The summed E-state index contributed by atoms with van der Waals surface area (Å²) in [5.74, 6) is 0.180. The van der Waals surface area contributed by atoms with Crippen LogP contribution >= 0.6 is 11.3 Å². The second kappa shape index (κ2) is 11.3. The van der Waals surface area contributed by atoms with Crippen LogP contribution in [0.2, 0.25) is 0 Å². The Hall–Kier alpha value is -1.73. The Labute approximate surface area is 172 Å². The third-order valence-corrected chi connectivity index (χ3v) is 6.42. The lowest BCUT2D eigenvalue weighted by Gasteiger charge is -2.27. The van der Waals surface area contributed by atoms with Crippen LogP contribution in [0.4, 0.5) is 0 Å².